The first-order valence-corrected chi connectivity index (χ1v) is 6.22. The number of ether oxygens (including phenoxy) is 1. The van der Waals surface area contributed by atoms with E-state index in [1.165, 1.54) is 11.3 Å². The Hall–Kier alpha value is -0.940. The zero-order valence-electron chi connectivity index (χ0n) is 9.60. The molecule has 16 heavy (non-hydrogen) atoms. The Morgan fingerprint density at radius 1 is 1.69 bits per heavy atom. The van der Waals surface area contributed by atoms with E-state index in [0.29, 0.717) is 5.92 Å². The Morgan fingerprint density at radius 2 is 2.50 bits per heavy atom. The number of nitrogens with zero attached hydrogens (tertiary/aromatic N) is 2. The van der Waals surface area contributed by atoms with E-state index in [9.17, 15) is 4.79 Å². The number of aldehydes is 1. The summed E-state index contributed by atoms with van der Waals surface area (Å²) in [5.74, 6) is 0.592. The smallest absolute Gasteiger partial charge is 0.186 e. The van der Waals surface area contributed by atoms with Gasteiger partial charge in [0.1, 0.15) is 0 Å². The first kappa shape index (κ1) is 11.5. The van der Waals surface area contributed by atoms with Gasteiger partial charge in [-0.1, -0.05) is 11.3 Å². The molecule has 1 unspecified atom stereocenters. The van der Waals surface area contributed by atoms with Crippen LogP contribution in [-0.4, -0.2) is 38.1 Å². The molecule has 1 aliphatic rings. The molecule has 0 aromatic carbocycles. The summed E-state index contributed by atoms with van der Waals surface area (Å²) in [5, 5.41) is 0.971. The summed E-state index contributed by atoms with van der Waals surface area (Å²) in [6.07, 6.45) is 2.03. The average Bonchev–Trinajstić information content (AvgIpc) is 2.85. The number of thiazole rings is 1. The third-order valence-corrected chi connectivity index (χ3v) is 4.03. The van der Waals surface area contributed by atoms with E-state index < -0.39 is 0 Å². The molecule has 1 atom stereocenters. The Labute approximate surface area is 99.2 Å². The van der Waals surface area contributed by atoms with Crippen molar-refractivity contribution in [3.8, 4) is 0 Å². The number of rotatable bonds is 4. The lowest BCUT2D eigenvalue weighted by atomic mass is 10.1. The van der Waals surface area contributed by atoms with Gasteiger partial charge >= 0.3 is 0 Å². The van der Waals surface area contributed by atoms with Crippen LogP contribution in [0.15, 0.2) is 0 Å². The molecule has 88 valence electrons. The lowest BCUT2D eigenvalue weighted by Gasteiger charge is -2.14. The quantitative estimate of drug-likeness (QED) is 0.752. The minimum atomic E-state index is 0.592. The molecule has 0 bridgehead atoms. The Bertz CT molecular complexity index is 378. The molecule has 1 fully saturated rings. The van der Waals surface area contributed by atoms with Crippen LogP contribution in [0.3, 0.4) is 0 Å². The summed E-state index contributed by atoms with van der Waals surface area (Å²) in [4.78, 5) is 18.2. The van der Waals surface area contributed by atoms with Gasteiger partial charge in [-0.05, 0) is 13.3 Å². The Morgan fingerprint density at radius 3 is 3.12 bits per heavy atom. The van der Waals surface area contributed by atoms with Crippen LogP contribution in [0.25, 0.3) is 0 Å². The molecule has 0 N–H and O–H groups in total. The highest BCUT2D eigenvalue weighted by atomic mass is 32.1. The van der Waals surface area contributed by atoms with Crippen molar-refractivity contribution >= 4 is 22.8 Å². The SMILES string of the molecule is COCC1CCN(c2nc(C)c(C=O)s2)C1. The van der Waals surface area contributed by atoms with Crippen LogP contribution in [0.5, 0.6) is 0 Å². The third kappa shape index (κ3) is 2.25. The second-order valence-corrected chi connectivity index (χ2v) is 5.13. The van der Waals surface area contributed by atoms with Crippen molar-refractivity contribution < 1.29 is 9.53 Å². The molecular weight excluding hydrogens is 224 g/mol. The lowest BCUT2D eigenvalue weighted by Crippen LogP contribution is -2.20. The normalized spacial score (nSPS) is 20.4. The molecule has 0 radical (unpaired) electrons. The van der Waals surface area contributed by atoms with Gasteiger partial charge in [0.25, 0.3) is 0 Å². The molecule has 1 aliphatic heterocycles. The Kier molecular flexibility index (Phi) is 3.56. The standard InChI is InChI=1S/C11H16N2O2S/c1-8-10(6-14)16-11(12-8)13-4-3-9(5-13)7-15-2/h6,9H,3-5,7H2,1-2H3. The molecule has 0 spiro atoms. The van der Waals surface area contributed by atoms with Crippen LogP contribution in [0.2, 0.25) is 0 Å². The van der Waals surface area contributed by atoms with Crippen LogP contribution >= 0.6 is 11.3 Å². The number of carbonyl (C=O) groups excluding carboxylic acids is 1. The van der Waals surface area contributed by atoms with E-state index in [1.54, 1.807) is 7.11 Å². The molecule has 2 rings (SSSR count). The van der Waals surface area contributed by atoms with Crippen molar-refractivity contribution in [2.45, 2.75) is 13.3 Å². The van der Waals surface area contributed by atoms with E-state index in [1.807, 2.05) is 6.92 Å². The molecule has 1 aromatic heterocycles. The van der Waals surface area contributed by atoms with E-state index >= 15 is 0 Å². The second-order valence-electron chi connectivity index (χ2n) is 4.12. The Balaban J connectivity index is 2.05. The first-order valence-electron chi connectivity index (χ1n) is 5.41. The van der Waals surface area contributed by atoms with Crippen molar-refractivity contribution in [2.24, 2.45) is 5.92 Å². The van der Waals surface area contributed by atoms with E-state index in [4.69, 9.17) is 4.74 Å². The summed E-state index contributed by atoms with van der Waals surface area (Å²) in [7, 11) is 1.74. The van der Waals surface area contributed by atoms with E-state index in [0.717, 1.165) is 48.1 Å². The maximum atomic E-state index is 10.8. The van der Waals surface area contributed by atoms with Gasteiger partial charge in [0.2, 0.25) is 0 Å². The molecule has 2 heterocycles. The molecule has 0 amide bonds. The number of methoxy groups -OCH3 is 1. The number of carbonyl (C=O) groups is 1. The number of aryl methyl sites for hydroxylation is 1. The van der Waals surface area contributed by atoms with Crippen LogP contribution in [-0.2, 0) is 4.74 Å². The summed E-state index contributed by atoms with van der Waals surface area (Å²) in [6.45, 7) is 4.69. The molecule has 5 heteroatoms. The number of aromatic nitrogens is 1. The van der Waals surface area contributed by atoms with Gasteiger partial charge < -0.3 is 9.64 Å². The topological polar surface area (TPSA) is 42.4 Å². The second kappa shape index (κ2) is 4.93. The van der Waals surface area contributed by atoms with Crippen molar-refractivity contribution in [3.63, 3.8) is 0 Å². The van der Waals surface area contributed by atoms with Crippen molar-refractivity contribution in [2.75, 3.05) is 31.7 Å². The number of hydrogen-bond donors (Lipinski definition) is 0. The average molecular weight is 240 g/mol. The predicted molar refractivity (Wildman–Crippen MR) is 64.4 cm³/mol. The van der Waals surface area contributed by atoms with Gasteiger partial charge in [0.05, 0.1) is 17.2 Å². The molecule has 1 aromatic rings. The van der Waals surface area contributed by atoms with Crippen molar-refractivity contribution in [1.82, 2.24) is 4.98 Å². The molecule has 0 aliphatic carbocycles. The van der Waals surface area contributed by atoms with Gasteiger partial charge in [-0.15, -0.1) is 0 Å². The van der Waals surface area contributed by atoms with E-state index in [2.05, 4.69) is 9.88 Å². The summed E-state index contributed by atoms with van der Waals surface area (Å²) >= 11 is 1.48. The van der Waals surface area contributed by atoms with Gasteiger partial charge in [-0.3, -0.25) is 4.79 Å². The minimum Gasteiger partial charge on any atom is -0.384 e. The molecule has 0 saturated carbocycles. The highest BCUT2D eigenvalue weighted by Crippen LogP contribution is 2.29. The lowest BCUT2D eigenvalue weighted by molar-refractivity contribution is 0.112. The summed E-state index contributed by atoms with van der Waals surface area (Å²) < 4.78 is 5.16. The first-order chi connectivity index (χ1) is 7.74. The molecule has 1 saturated heterocycles. The fourth-order valence-corrected chi connectivity index (χ4v) is 2.93. The summed E-state index contributed by atoms with van der Waals surface area (Å²) in [5.41, 5.74) is 0.838. The zero-order chi connectivity index (χ0) is 11.5. The third-order valence-electron chi connectivity index (χ3n) is 2.89. The van der Waals surface area contributed by atoms with Crippen LogP contribution in [0, 0.1) is 12.8 Å². The summed E-state index contributed by atoms with van der Waals surface area (Å²) in [6, 6.07) is 0. The maximum absolute atomic E-state index is 10.8. The van der Waals surface area contributed by atoms with Crippen LogP contribution < -0.4 is 4.90 Å². The van der Waals surface area contributed by atoms with Gasteiger partial charge in [-0.25, -0.2) is 4.98 Å². The van der Waals surface area contributed by atoms with Crippen LogP contribution in [0.4, 0.5) is 5.13 Å². The highest BCUT2D eigenvalue weighted by molar-refractivity contribution is 7.17. The van der Waals surface area contributed by atoms with Gasteiger partial charge in [-0.2, -0.15) is 0 Å². The van der Waals surface area contributed by atoms with Crippen molar-refractivity contribution in [3.05, 3.63) is 10.6 Å². The zero-order valence-corrected chi connectivity index (χ0v) is 10.4. The maximum Gasteiger partial charge on any atom is 0.186 e. The van der Waals surface area contributed by atoms with Crippen molar-refractivity contribution in [1.29, 1.82) is 0 Å². The minimum absolute atomic E-state index is 0.592. The predicted octanol–water partition coefficient (Wildman–Crippen LogP) is 1.74. The number of hydrogen-bond acceptors (Lipinski definition) is 5. The highest BCUT2D eigenvalue weighted by Gasteiger charge is 2.25. The molecular formula is C11H16N2O2S. The van der Waals surface area contributed by atoms with Gasteiger partial charge in [0.15, 0.2) is 11.4 Å². The fraction of sp³-hybridized carbons (Fsp3) is 0.636. The van der Waals surface area contributed by atoms with Gasteiger partial charge in [0, 0.05) is 26.1 Å². The fourth-order valence-electron chi connectivity index (χ4n) is 2.02. The van der Waals surface area contributed by atoms with E-state index in [-0.39, 0.29) is 0 Å². The number of anilines is 1. The monoisotopic (exact) mass is 240 g/mol. The van der Waals surface area contributed by atoms with Crippen LogP contribution in [0.1, 0.15) is 21.8 Å². The molecule has 4 nitrogen and oxygen atoms in total. The largest absolute Gasteiger partial charge is 0.384 e.